The van der Waals surface area contributed by atoms with Crippen molar-refractivity contribution in [3.05, 3.63) is 18.3 Å². The first-order chi connectivity index (χ1) is 5.18. The molecule has 0 aromatic carbocycles. The van der Waals surface area contributed by atoms with E-state index in [-0.39, 0.29) is 6.10 Å². The van der Waals surface area contributed by atoms with Gasteiger partial charge >= 0.3 is 0 Å². The fraction of sp³-hybridized carbons (Fsp3) is 0.375. The number of ether oxygens (including phenoxy) is 1. The maximum atomic E-state index is 5.39. The fourth-order valence-corrected chi connectivity index (χ4v) is 0.734. The Bertz CT molecular complexity index is 218. The molecule has 0 saturated carbocycles. The Hall–Kier alpha value is -1.25. The molecule has 3 nitrogen and oxygen atoms in total. The van der Waals surface area contributed by atoms with E-state index in [1.54, 1.807) is 12.3 Å². The minimum atomic E-state index is 0.181. The maximum absolute atomic E-state index is 5.39. The van der Waals surface area contributed by atoms with Gasteiger partial charge in [-0.1, -0.05) is 0 Å². The van der Waals surface area contributed by atoms with Crippen molar-refractivity contribution in [3.8, 4) is 5.75 Å². The van der Waals surface area contributed by atoms with Crippen LogP contribution in [0.4, 0.5) is 5.82 Å². The number of hydrogen-bond donors (Lipinski definition) is 1. The quantitative estimate of drug-likeness (QED) is 0.697. The van der Waals surface area contributed by atoms with Gasteiger partial charge in [0.25, 0.3) is 0 Å². The van der Waals surface area contributed by atoms with Crippen LogP contribution in [0.25, 0.3) is 0 Å². The van der Waals surface area contributed by atoms with E-state index in [0.29, 0.717) is 5.82 Å². The molecule has 11 heavy (non-hydrogen) atoms. The molecule has 0 aliphatic carbocycles. The number of nitrogens with two attached hydrogens (primary N) is 1. The molecule has 0 amide bonds. The third-order valence-electron chi connectivity index (χ3n) is 1.13. The predicted molar refractivity (Wildman–Crippen MR) is 44.4 cm³/mol. The molecule has 3 heteroatoms. The Morgan fingerprint density at radius 2 is 2.18 bits per heavy atom. The molecular weight excluding hydrogens is 140 g/mol. The van der Waals surface area contributed by atoms with Crippen LogP contribution in [0.1, 0.15) is 13.8 Å². The van der Waals surface area contributed by atoms with Gasteiger partial charge in [0.2, 0.25) is 0 Å². The molecule has 1 aromatic rings. The third-order valence-corrected chi connectivity index (χ3v) is 1.13. The molecule has 60 valence electrons. The standard InChI is InChI=1S/C8H12N2O/c1-6(2)11-7-3-4-8(9)10-5-7/h3-6H,1-2H3,(H2,9,10). The Kier molecular flexibility index (Phi) is 2.31. The van der Waals surface area contributed by atoms with Crippen LogP contribution >= 0.6 is 0 Å². The van der Waals surface area contributed by atoms with Crippen LogP contribution in [0.2, 0.25) is 0 Å². The van der Waals surface area contributed by atoms with Gasteiger partial charge in [0, 0.05) is 0 Å². The monoisotopic (exact) mass is 152 g/mol. The summed E-state index contributed by atoms with van der Waals surface area (Å²) in [4.78, 5) is 3.88. The summed E-state index contributed by atoms with van der Waals surface area (Å²) in [7, 11) is 0. The summed E-state index contributed by atoms with van der Waals surface area (Å²) in [6, 6.07) is 3.53. The lowest BCUT2D eigenvalue weighted by atomic mass is 10.4. The van der Waals surface area contributed by atoms with Crippen molar-refractivity contribution in [1.82, 2.24) is 4.98 Å². The van der Waals surface area contributed by atoms with Crippen molar-refractivity contribution >= 4 is 5.82 Å². The van der Waals surface area contributed by atoms with Gasteiger partial charge in [-0.05, 0) is 26.0 Å². The van der Waals surface area contributed by atoms with E-state index in [1.165, 1.54) is 0 Å². The predicted octanol–water partition coefficient (Wildman–Crippen LogP) is 1.45. The Morgan fingerprint density at radius 1 is 1.45 bits per heavy atom. The molecule has 1 rings (SSSR count). The van der Waals surface area contributed by atoms with Crippen LogP contribution in [-0.2, 0) is 0 Å². The molecule has 0 spiro atoms. The van der Waals surface area contributed by atoms with Gasteiger partial charge in [0.15, 0.2) is 0 Å². The molecule has 1 heterocycles. The smallest absolute Gasteiger partial charge is 0.138 e. The molecule has 1 aromatic heterocycles. The van der Waals surface area contributed by atoms with Crippen molar-refractivity contribution in [2.24, 2.45) is 0 Å². The second-order valence-electron chi connectivity index (χ2n) is 2.59. The summed E-state index contributed by atoms with van der Waals surface area (Å²) in [5.74, 6) is 1.27. The van der Waals surface area contributed by atoms with E-state index in [2.05, 4.69) is 4.98 Å². The molecule has 0 radical (unpaired) electrons. The summed E-state index contributed by atoms with van der Waals surface area (Å²) >= 11 is 0. The van der Waals surface area contributed by atoms with E-state index in [9.17, 15) is 0 Å². The number of pyridine rings is 1. The van der Waals surface area contributed by atoms with Crippen LogP contribution in [-0.4, -0.2) is 11.1 Å². The van der Waals surface area contributed by atoms with Crippen molar-refractivity contribution in [2.45, 2.75) is 20.0 Å². The zero-order valence-corrected chi connectivity index (χ0v) is 6.74. The fourth-order valence-electron chi connectivity index (χ4n) is 0.734. The molecule has 0 unspecified atom stereocenters. The molecule has 0 fully saturated rings. The van der Waals surface area contributed by atoms with Crippen LogP contribution in [0.15, 0.2) is 18.3 Å². The van der Waals surface area contributed by atoms with Gasteiger partial charge in [-0.2, -0.15) is 0 Å². The first-order valence-corrected chi connectivity index (χ1v) is 3.56. The Morgan fingerprint density at radius 3 is 2.64 bits per heavy atom. The van der Waals surface area contributed by atoms with Crippen LogP contribution in [0.5, 0.6) is 5.75 Å². The third kappa shape index (κ3) is 2.45. The van der Waals surface area contributed by atoms with E-state index in [4.69, 9.17) is 10.5 Å². The van der Waals surface area contributed by atoms with Crippen LogP contribution in [0, 0.1) is 0 Å². The van der Waals surface area contributed by atoms with E-state index in [0.717, 1.165) is 5.75 Å². The topological polar surface area (TPSA) is 48.1 Å². The summed E-state index contributed by atoms with van der Waals surface area (Å²) < 4.78 is 5.35. The zero-order chi connectivity index (χ0) is 8.27. The normalized spacial score (nSPS) is 10.1. The number of rotatable bonds is 2. The lowest BCUT2D eigenvalue weighted by Crippen LogP contribution is -2.05. The van der Waals surface area contributed by atoms with E-state index in [1.807, 2.05) is 19.9 Å². The average molecular weight is 152 g/mol. The highest BCUT2D eigenvalue weighted by molar-refractivity contribution is 5.32. The summed E-state index contributed by atoms with van der Waals surface area (Å²) in [5.41, 5.74) is 5.39. The molecule has 0 aliphatic rings. The van der Waals surface area contributed by atoms with Gasteiger partial charge in [-0.25, -0.2) is 4.98 Å². The second-order valence-corrected chi connectivity index (χ2v) is 2.59. The molecule has 0 saturated heterocycles. The van der Waals surface area contributed by atoms with Crippen molar-refractivity contribution in [2.75, 3.05) is 5.73 Å². The maximum Gasteiger partial charge on any atom is 0.138 e. The van der Waals surface area contributed by atoms with Gasteiger partial charge < -0.3 is 10.5 Å². The van der Waals surface area contributed by atoms with E-state index < -0.39 is 0 Å². The lowest BCUT2D eigenvalue weighted by molar-refractivity contribution is 0.241. The highest BCUT2D eigenvalue weighted by Crippen LogP contribution is 2.11. The highest BCUT2D eigenvalue weighted by atomic mass is 16.5. The van der Waals surface area contributed by atoms with Gasteiger partial charge in [-0.3, -0.25) is 0 Å². The molecule has 2 N–H and O–H groups in total. The summed E-state index contributed by atoms with van der Waals surface area (Å²) in [6.45, 7) is 3.94. The molecule has 0 aliphatic heterocycles. The Labute approximate surface area is 66.2 Å². The van der Waals surface area contributed by atoms with Gasteiger partial charge in [0.1, 0.15) is 11.6 Å². The molecular formula is C8H12N2O. The highest BCUT2D eigenvalue weighted by Gasteiger charge is 1.95. The van der Waals surface area contributed by atoms with Crippen molar-refractivity contribution < 1.29 is 4.74 Å². The molecule has 0 atom stereocenters. The van der Waals surface area contributed by atoms with Crippen molar-refractivity contribution in [1.29, 1.82) is 0 Å². The minimum absolute atomic E-state index is 0.181. The largest absolute Gasteiger partial charge is 0.489 e. The number of aromatic nitrogens is 1. The average Bonchev–Trinajstić information content (AvgIpc) is 1.93. The van der Waals surface area contributed by atoms with Crippen molar-refractivity contribution in [3.63, 3.8) is 0 Å². The summed E-state index contributed by atoms with van der Waals surface area (Å²) in [5, 5.41) is 0. The Balaban J connectivity index is 2.66. The van der Waals surface area contributed by atoms with E-state index >= 15 is 0 Å². The first-order valence-electron chi connectivity index (χ1n) is 3.56. The van der Waals surface area contributed by atoms with Crippen LogP contribution < -0.4 is 10.5 Å². The number of hydrogen-bond acceptors (Lipinski definition) is 3. The number of nitrogen functional groups attached to an aromatic ring is 1. The zero-order valence-electron chi connectivity index (χ0n) is 6.74. The van der Waals surface area contributed by atoms with Gasteiger partial charge in [-0.15, -0.1) is 0 Å². The second kappa shape index (κ2) is 3.23. The first kappa shape index (κ1) is 7.85. The van der Waals surface area contributed by atoms with Gasteiger partial charge in [0.05, 0.1) is 12.3 Å². The SMILES string of the molecule is CC(C)Oc1ccc(N)nc1. The van der Waals surface area contributed by atoms with Crippen LogP contribution in [0.3, 0.4) is 0 Å². The lowest BCUT2D eigenvalue weighted by Gasteiger charge is -2.08. The number of anilines is 1. The minimum Gasteiger partial charge on any atom is -0.489 e. The number of nitrogens with zero attached hydrogens (tertiary/aromatic N) is 1. The summed E-state index contributed by atoms with van der Waals surface area (Å²) in [6.07, 6.45) is 1.80. The molecule has 0 bridgehead atoms.